The van der Waals surface area contributed by atoms with Crippen LogP contribution in [0, 0.1) is 11.8 Å². The van der Waals surface area contributed by atoms with E-state index in [0.29, 0.717) is 0 Å². The highest BCUT2D eigenvalue weighted by Crippen LogP contribution is 2.36. The molecule has 1 nitrogen and oxygen atoms in total. The fourth-order valence-corrected chi connectivity index (χ4v) is 2.37. The molecule has 0 saturated heterocycles. The number of benzene rings is 1. The highest BCUT2D eigenvalue weighted by atomic mass is 79.9. The van der Waals surface area contributed by atoms with Crippen molar-refractivity contribution in [1.82, 2.24) is 5.32 Å². The average molecular weight is 268 g/mol. The molecule has 0 spiro atoms. The molecule has 0 aromatic heterocycles. The van der Waals surface area contributed by atoms with Gasteiger partial charge in [0.05, 0.1) is 0 Å². The molecule has 0 radical (unpaired) electrons. The predicted molar refractivity (Wildman–Crippen MR) is 67.7 cm³/mol. The van der Waals surface area contributed by atoms with Gasteiger partial charge >= 0.3 is 0 Å². The molecular formula is C13H18BrN. The molecule has 1 aromatic carbocycles. The van der Waals surface area contributed by atoms with Gasteiger partial charge < -0.3 is 5.32 Å². The molecule has 1 aliphatic carbocycles. The number of nitrogens with one attached hydrogen (secondary N) is 1. The summed E-state index contributed by atoms with van der Waals surface area (Å²) in [5.74, 6) is 1.84. The van der Waals surface area contributed by atoms with Crippen molar-refractivity contribution in [3.05, 3.63) is 34.3 Å². The molecule has 0 amide bonds. The molecule has 0 heterocycles. The van der Waals surface area contributed by atoms with Gasteiger partial charge in [0, 0.05) is 11.0 Å². The summed E-state index contributed by atoms with van der Waals surface area (Å²) in [7, 11) is 0. The zero-order valence-electron chi connectivity index (χ0n) is 9.17. The Hall–Kier alpha value is -0.340. The van der Waals surface area contributed by atoms with Crippen molar-refractivity contribution in [1.29, 1.82) is 0 Å². The van der Waals surface area contributed by atoms with Gasteiger partial charge in [-0.15, -0.1) is 0 Å². The Kier molecular flexibility index (Phi) is 3.81. The van der Waals surface area contributed by atoms with Gasteiger partial charge in [-0.05, 0) is 48.9 Å². The van der Waals surface area contributed by atoms with Gasteiger partial charge in [-0.25, -0.2) is 0 Å². The van der Waals surface area contributed by atoms with E-state index in [1.165, 1.54) is 18.4 Å². The molecule has 1 unspecified atom stereocenters. The molecule has 1 atom stereocenters. The fraction of sp³-hybridized carbons (Fsp3) is 0.538. The van der Waals surface area contributed by atoms with E-state index >= 15 is 0 Å². The van der Waals surface area contributed by atoms with Gasteiger partial charge in [-0.2, -0.15) is 0 Å². The van der Waals surface area contributed by atoms with Crippen molar-refractivity contribution < 1.29 is 0 Å². The summed E-state index contributed by atoms with van der Waals surface area (Å²) in [6.45, 7) is 4.49. The van der Waals surface area contributed by atoms with Crippen LogP contribution in [0.5, 0.6) is 0 Å². The number of halogens is 1. The lowest BCUT2D eigenvalue weighted by molar-refractivity contribution is 0.461. The van der Waals surface area contributed by atoms with Crippen LogP contribution >= 0.6 is 15.9 Å². The van der Waals surface area contributed by atoms with Crippen LogP contribution in [0.2, 0.25) is 0 Å². The van der Waals surface area contributed by atoms with Crippen molar-refractivity contribution in [3.8, 4) is 0 Å². The van der Waals surface area contributed by atoms with Crippen LogP contribution in [0.15, 0.2) is 28.7 Å². The second-order valence-electron chi connectivity index (χ2n) is 4.58. The molecule has 1 fully saturated rings. The smallest absolute Gasteiger partial charge is 0.0206 e. The van der Waals surface area contributed by atoms with Gasteiger partial charge in [0.15, 0.2) is 0 Å². The molecule has 1 saturated carbocycles. The monoisotopic (exact) mass is 267 g/mol. The lowest BCUT2D eigenvalue weighted by Gasteiger charge is -2.11. The summed E-state index contributed by atoms with van der Waals surface area (Å²) in [5.41, 5.74) is 1.35. The Morgan fingerprint density at radius 1 is 1.47 bits per heavy atom. The zero-order valence-corrected chi connectivity index (χ0v) is 10.8. The maximum Gasteiger partial charge on any atom is 0.0206 e. The molecule has 82 valence electrons. The summed E-state index contributed by atoms with van der Waals surface area (Å²) < 4.78 is 1.16. The highest BCUT2D eigenvalue weighted by molar-refractivity contribution is 9.10. The number of rotatable bonds is 5. The summed E-state index contributed by atoms with van der Waals surface area (Å²) in [4.78, 5) is 0. The van der Waals surface area contributed by atoms with Crippen molar-refractivity contribution in [2.45, 2.75) is 26.3 Å². The minimum absolute atomic E-state index is 0.845. The normalized spacial score (nSPS) is 17.7. The van der Waals surface area contributed by atoms with Gasteiger partial charge in [-0.1, -0.05) is 35.0 Å². The molecule has 2 rings (SSSR count). The topological polar surface area (TPSA) is 12.0 Å². The second-order valence-corrected chi connectivity index (χ2v) is 5.49. The first kappa shape index (κ1) is 11.2. The largest absolute Gasteiger partial charge is 0.312 e. The van der Waals surface area contributed by atoms with Crippen LogP contribution in [-0.4, -0.2) is 6.54 Å². The van der Waals surface area contributed by atoms with Gasteiger partial charge in [0.25, 0.3) is 0 Å². The Labute approximate surface area is 100 Å². The Morgan fingerprint density at radius 3 is 2.93 bits per heavy atom. The van der Waals surface area contributed by atoms with Crippen LogP contribution in [-0.2, 0) is 6.54 Å². The van der Waals surface area contributed by atoms with E-state index < -0.39 is 0 Å². The van der Waals surface area contributed by atoms with E-state index in [2.05, 4.69) is 52.4 Å². The third kappa shape index (κ3) is 3.62. The summed E-state index contributed by atoms with van der Waals surface area (Å²) in [6.07, 6.45) is 2.89. The van der Waals surface area contributed by atoms with Crippen LogP contribution in [0.3, 0.4) is 0 Å². The minimum Gasteiger partial charge on any atom is -0.312 e. The molecule has 1 N–H and O–H groups in total. The standard InChI is InChI=1S/C13H18BrN/c1-10(12-5-6-12)8-15-9-11-3-2-4-13(14)7-11/h2-4,7,10,12,15H,5-6,8-9H2,1H3. The fourth-order valence-electron chi connectivity index (χ4n) is 1.92. The lowest BCUT2D eigenvalue weighted by Crippen LogP contribution is -2.21. The molecule has 0 aliphatic heterocycles. The van der Waals surface area contributed by atoms with Crippen molar-refractivity contribution in [3.63, 3.8) is 0 Å². The van der Waals surface area contributed by atoms with Gasteiger partial charge in [-0.3, -0.25) is 0 Å². The van der Waals surface area contributed by atoms with E-state index in [0.717, 1.165) is 29.4 Å². The molecule has 15 heavy (non-hydrogen) atoms. The first-order chi connectivity index (χ1) is 7.25. The lowest BCUT2D eigenvalue weighted by atomic mass is 10.1. The van der Waals surface area contributed by atoms with Crippen molar-refractivity contribution in [2.24, 2.45) is 11.8 Å². The Morgan fingerprint density at radius 2 is 2.27 bits per heavy atom. The molecule has 2 heteroatoms. The minimum atomic E-state index is 0.845. The van der Waals surface area contributed by atoms with E-state index in [9.17, 15) is 0 Å². The first-order valence-electron chi connectivity index (χ1n) is 5.71. The maximum absolute atomic E-state index is 3.53. The molecule has 1 aromatic rings. The zero-order chi connectivity index (χ0) is 10.7. The first-order valence-corrected chi connectivity index (χ1v) is 6.50. The molecule has 1 aliphatic rings. The number of hydrogen-bond acceptors (Lipinski definition) is 1. The Bertz CT molecular complexity index is 320. The summed E-state index contributed by atoms with van der Waals surface area (Å²) >= 11 is 3.49. The van der Waals surface area contributed by atoms with E-state index in [4.69, 9.17) is 0 Å². The van der Waals surface area contributed by atoms with Crippen LogP contribution in [0.4, 0.5) is 0 Å². The van der Waals surface area contributed by atoms with Crippen LogP contribution in [0.1, 0.15) is 25.3 Å². The van der Waals surface area contributed by atoms with E-state index in [-0.39, 0.29) is 0 Å². The molecular weight excluding hydrogens is 250 g/mol. The summed E-state index contributed by atoms with van der Waals surface area (Å²) in [5, 5.41) is 3.53. The quantitative estimate of drug-likeness (QED) is 0.860. The van der Waals surface area contributed by atoms with E-state index in [1.807, 2.05) is 0 Å². The summed E-state index contributed by atoms with van der Waals surface area (Å²) in [6, 6.07) is 8.50. The third-order valence-electron chi connectivity index (χ3n) is 3.11. The predicted octanol–water partition coefficient (Wildman–Crippen LogP) is 3.58. The SMILES string of the molecule is CC(CNCc1cccc(Br)c1)C1CC1. The second kappa shape index (κ2) is 5.13. The van der Waals surface area contributed by atoms with Gasteiger partial charge in [0.1, 0.15) is 0 Å². The van der Waals surface area contributed by atoms with Gasteiger partial charge in [0.2, 0.25) is 0 Å². The third-order valence-corrected chi connectivity index (χ3v) is 3.60. The average Bonchev–Trinajstić information content (AvgIpc) is 3.00. The highest BCUT2D eigenvalue weighted by Gasteiger charge is 2.27. The molecule has 0 bridgehead atoms. The number of hydrogen-bond donors (Lipinski definition) is 1. The van der Waals surface area contributed by atoms with Crippen LogP contribution < -0.4 is 5.32 Å². The van der Waals surface area contributed by atoms with Crippen molar-refractivity contribution in [2.75, 3.05) is 6.54 Å². The Balaban J connectivity index is 1.73. The maximum atomic E-state index is 3.53. The van der Waals surface area contributed by atoms with Crippen LogP contribution in [0.25, 0.3) is 0 Å². The van der Waals surface area contributed by atoms with E-state index in [1.54, 1.807) is 0 Å². The van der Waals surface area contributed by atoms with Crippen molar-refractivity contribution >= 4 is 15.9 Å².